The van der Waals surface area contributed by atoms with Crippen LogP contribution in [0.5, 0.6) is 0 Å². The van der Waals surface area contributed by atoms with Gasteiger partial charge < -0.3 is 19.8 Å². The largest absolute Gasteiger partial charge is 0.465 e. The summed E-state index contributed by atoms with van der Waals surface area (Å²) in [5.41, 5.74) is 0.962. The van der Waals surface area contributed by atoms with Crippen molar-refractivity contribution in [2.75, 3.05) is 11.9 Å². The van der Waals surface area contributed by atoms with E-state index in [0.29, 0.717) is 17.0 Å². The van der Waals surface area contributed by atoms with E-state index in [1.807, 2.05) is 0 Å². The minimum Gasteiger partial charge on any atom is -0.465 e. The van der Waals surface area contributed by atoms with Gasteiger partial charge in [0, 0.05) is 11.8 Å². The van der Waals surface area contributed by atoms with E-state index in [-0.39, 0.29) is 22.9 Å². The van der Waals surface area contributed by atoms with Gasteiger partial charge in [0.05, 0.1) is 29.0 Å². The van der Waals surface area contributed by atoms with Crippen LogP contribution in [-0.4, -0.2) is 24.4 Å². The summed E-state index contributed by atoms with van der Waals surface area (Å²) in [5, 5.41) is 5.50. The van der Waals surface area contributed by atoms with Gasteiger partial charge in [-0.05, 0) is 55.5 Å². The number of amides is 2. The highest BCUT2D eigenvalue weighted by Gasteiger charge is 2.17. The lowest BCUT2D eigenvalue weighted by Gasteiger charge is -2.12. The van der Waals surface area contributed by atoms with E-state index >= 15 is 0 Å². The lowest BCUT2D eigenvalue weighted by Crippen LogP contribution is -2.30. The second-order valence-corrected chi connectivity index (χ2v) is 6.67. The van der Waals surface area contributed by atoms with Gasteiger partial charge in [-0.25, -0.2) is 4.79 Å². The Morgan fingerprint density at radius 2 is 1.77 bits per heavy atom. The monoisotopic (exact) mass is 438 g/mol. The van der Waals surface area contributed by atoms with Crippen molar-refractivity contribution in [3.8, 4) is 0 Å². The fourth-order valence-corrected chi connectivity index (χ4v) is 2.83. The van der Waals surface area contributed by atoms with E-state index in [0.717, 1.165) is 0 Å². The Morgan fingerprint density at radius 3 is 2.42 bits per heavy atom. The van der Waals surface area contributed by atoms with Crippen molar-refractivity contribution in [2.24, 2.45) is 0 Å². The van der Waals surface area contributed by atoms with Crippen LogP contribution in [0.1, 0.15) is 33.4 Å². The van der Waals surface area contributed by atoms with Crippen LogP contribution in [0.15, 0.2) is 77.0 Å². The number of halogens is 1. The predicted octanol–water partition coefficient (Wildman–Crippen LogP) is 4.52. The average molecular weight is 439 g/mol. The molecule has 0 radical (unpaired) electrons. The molecule has 2 N–H and O–H groups in total. The third-order valence-electron chi connectivity index (χ3n) is 4.09. The molecule has 158 valence electrons. The van der Waals surface area contributed by atoms with Crippen LogP contribution in [0.4, 0.5) is 5.69 Å². The summed E-state index contributed by atoms with van der Waals surface area (Å²) in [6, 6.07) is 16.0. The Bertz CT molecular complexity index is 1110. The molecule has 3 aromatic rings. The van der Waals surface area contributed by atoms with Gasteiger partial charge >= 0.3 is 5.97 Å². The predicted molar refractivity (Wildman–Crippen MR) is 117 cm³/mol. The molecule has 1 aromatic heterocycles. The Hall–Kier alpha value is -3.84. The summed E-state index contributed by atoms with van der Waals surface area (Å²) in [5.74, 6) is -1.20. The number of ether oxygens (including phenoxy) is 1. The van der Waals surface area contributed by atoms with Crippen LogP contribution in [0.2, 0.25) is 5.02 Å². The zero-order valence-electron chi connectivity index (χ0n) is 16.6. The number of carbonyl (C=O) groups excluding carboxylic acids is 3. The molecule has 0 spiro atoms. The molecule has 31 heavy (non-hydrogen) atoms. The van der Waals surface area contributed by atoms with Crippen molar-refractivity contribution in [3.63, 3.8) is 0 Å². The minimum atomic E-state index is -0.583. The number of carbonyl (C=O) groups is 3. The third kappa shape index (κ3) is 5.83. The van der Waals surface area contributed by atoms with Crippen LogP contribution >= 0.6 is 11.6 Å². The first kappa shape index (κ1) is 21.9. The third-order valence-corrected chi connectivity index (χ3v) is 4.42. The number of benzene rings is 2. The Balaban J connectivity index is 1.79. The molecule has 8 heteroatoms. The van der Waals surface area contributed by atoms with Gasteiger partial charge in [0.1, 0.15) is 11.5 Å². The highest BCUT2D eigenvalue weighted by molar-refractivity contribution is 6.34. The second-order valence-electron chi connectivity index (χ2n) is 6.26. The van der Waals surface area contributed by atoms with Gasteiger partial charge in [0.25, 0.3) is 11.8 Å². The minimum absolute atomic E-state index is 0.0469. The molecule has 2 amide bonds. The summed E-state index contributed by atoms with van der Waals surface area (Å²) in [6.45, 7) is 1.99. The standard InChI is InChI=1S/C23H19ClN2O5/c1-2-30-23(29)15-9-11-16(12-10-15)25-22(28)20(14-17-6-5-13-31-17)26-21(27)18-7-3-4-8-19(18)24/h3-14H,2H2,1H3,(H,25,28)(H,26,27)/b20-14+. The van der Waals surface area contributed by atoms with Crippen molar-refractivity contribution in [1.82, 2.24) is 5.32 Å². The maximum absolute atomic E-state index is 12.9. The van der Waals surface area contributed by atoms with Gasteiger partial charge in [0.15, 0.2) is 0 Å². The van der Waals surface area contributed by atoms with Gasteiger partial charge in [-0.15, -0.1) is 0 Å². The van der Waals surface area contributed by atoms with E-state index < -0.39 is 17.8 Å². The highest BCUT2D eigenvalue weighted by atomic mass is 35.5. The Kier molecular flexibility index (Phi) is 7.24. The van der Waals surface area contributed by atoms with Crippen LogP contribution < -0.4 is 10.6 Å². The zero-order valence-corrected chi connectivity index (χ0v) is 17.3. The molecule has 0 saturated heterocycles. The van der Waals surface area contributed by atoms with E-state index in [2.05, 4.69) is 10.6 Å². The molecule has 0 aliphatic rings. The quantitative estimate of drug-likeness (QED) is 0.417. The van der Waals surface area contributed by atoms with Crippen molar-refractivity contribution in [2.45, 2.75) is 6.92 Å². The van der Waals surface area contributed by atoms with Crippen LogP contribution in [0.25, 0.3) is 6.08 Å². The smallest absolute Gasteiger partial charge is 0.338 e. The number of esters is 1. The van der Waals surface area contributed by atoms with Crippen molar-refractivity contribution in [1.29, 1.82) is 0 Å². The number of rotatable bonds is 7. The molecule has 0 aliphatic carbocycles. The molecule has 0 saturated carbocycles. The van der Waals surface area contributed by atoms with Gasteiger partial charge in [0.2, 0.25) is 0 Å². The molecule has 3 rings (SSSR count). The first-order chi connectivity index (χ1) is 15.0. The SMILES string of the molecule is CCOC(=O)c1ccc(NC(=O)/C(=C\c2ccco2)NC(=O)c2ccccc2Cl)cc1. The number of nitrogens with one attached hydrogen (secondary N) is 2. The van der Waals surface area contributed by atoms with Crippen LogP contribution in [0, 0.1) is 0 Å². The molecular formula is C23H19ClN2O5. The summed E-state index contributed by atoms with van der Waals surface area (Å²) < 4.78 is 10.2. The lowest BCUT2D eigenvalue weighted by molar-refractivity contribution is -0.113. The Morgan fingerprint density at radius 1 is 1.03 bits per heavy atom. The number of furan rings is 1. The molecule has 0 unspecified atom stereocenters. The topological polar surface area (TPSA) is 97.6 Å². The van der Waals surface area contributed by atoms with E-state index in [1.165, 1.54) is 24.5 Å². The number of hydrogen-bond donors (Lipinski definition) is 2. The average Bonchev–Trinajstić information content (AvgIpc) is 3.27. The number of anilines is 1. The van der Waals surface area contributed by atoms with E-state index in [1.54, 1.807) is 55.5 Å². The maximum atomic E-state index is 12.9. The normalized spacial score (nSPS) is 11.0. The van der Waals surface area contributed by atoms with Crippen LogP contribution in [0.3, 0.4) is 0 Å². The second kappa shape index (κ2) is 10.3. The molecule has 7 nitrogen and oxygen atoms in total. The van der Waals surface area contributed by atoms with E-state index in [4.69, 9.17) is 20.8 Å². The molecular weight excluding hydrogens is 420 g/mol. The fraction of sp³-hybridized carbons (Fsp3) is 0.0870. The lowest BCUT2D eigenvalue weighted by atomic mass is 10.2. The Labute approximate surface area is 183 Å². The first-order valence-electron chi connectivity index (χ1n) is 9.37. The maximum Gasteiger partial charge on any atom is 0.338 e. The molecule has 0 bridgehead atoms. The van der Waals surface area contributed by atoms with Crippen LogP contribution in [-0.2, 0) is 9.53 Å². The summed E-state index contributed by atoms with van der Waals surface area (Å²) in [4.78, 5) is 37.3. The zero-order chi connectivity index (χ0) is 22.2. The summed E-state index contributed by atoms with van der Waals surface area (Å²) in [6.07, 6.45) is 2.85. The molecule has 2 aromatic carbocycles. The van der Waals surface area contributed by atoms with E-state index in [9.17, 15) is 14.4 Å². The highest BCUT2D eigenvalue weighted by Crippen LogP contribution is 2.17. The van der Waals surface area contributed by atoms with Crippen molar-refractivity contribution < 1.29 is 23.5 Å². The molecule has 1 heterocycles. The molecule has 0 atom stereocenters. The molecule has 0 aliphatic heterocycles. The van der Waals surface area contributed by atoms with Gasteiger partial charge in [-0.3, -0.25) is 9.59 Å². The van der Waals surface area contributed by atoms with Crippen molar-refractivity contribution >= 4 is 41.1 Å². The summed E-state index contributed by atoms with van der Waals surface area (Å²) >= 11 is 6.08. The van der Waals surface area contributed by atoms with Crippen molar-refractivity contribution in [3.05, 3.63) is 94.5 Å². The molecule has 0 fully saturated rings. The number of hydrogen-bond acceptors (Lipinski definition) is 5. The van der Waals surface area contributed by atoms with Gasteiger partial charge in [-0.2, -0.15) is 0 Å². The van der Waals surface area contributed by atoms with Gasteiger partial charge in [-0.1, -0.05) is 23.7 Å². The fourth-order valence-electron chi connectivity index (χ4n) is 2.61. The first-order valence-corrected chi connectivity index (χ1v) is 9.75. The summed E-state index contributed by atoms with van der Waals surface area (Å²) in [7, 11) is 0.